The molecule has 0 bridgehead atoms. The van der Waals surface area contributed by atoms with Crippen molar-refractivity contribution in [1.82, 2.24) is 9.88 Å². The molecule has 36 heavy (non-hydrogen) atoms. The lowest BCUT2D eigenvalue weighted by Crippen LogP contribution is -2.50. The SMILES string of the molecule is CC(C)(C)[Si](C)(C)OCC[C@@H]1C[C@@H](Nc2c(C=O)c(Cl)nc3c(F)c(Br)c(Cl)cc23)CCN1C(=O)O. The second kappa shape index (κ2) is 11.1. The zero-order valence-corrected chi connectivity index (χ0v) is 25.0. The van der Waals surface area contributed by atoms with E-state index in [-0.39, 0.29) is 42.9 Å². The van der Waals surface area contributed by atoms with Gasteiger partial charge >= 0.3 is 6.09 Å². The van der Waals surface area contributed by atoms with Crippen molar-refractivity contribution < 1.29 is 23.5 Å². The molecule has 3 rings (SSSR count). The third-order valence-corrected chi connectivity index (χ3v) is 13.4. The smallest absolute Gasteiger partial charge is 0.407 e. The number of halogens is 4. The summed E-state index contributed by atoms with van der Waals surface area (Å²) >= 11 is 15.5. The largest absolute Gasteiger partial charge is 0.465 e. The van der Waals surface area contributed by atoms with Gasteiger partial charge in [-0.1, -0.05) is 44.0 Å². The maximum absolute atomic E-state index is 14.9. The molecule has 12 heteroatoms. The first-order valence-electron chi connectivity index (χ1n) is 11.7. The molecule has 1 aliphatic rings. The summed E-state index contributed by atoms with van der Waals surface area (Å²) in [5, 5.41) is 13.5. The minimum Gasteiger partial charge on any atom is -0.465 e. The number of rotatable bonds is 7. The van der Waals surface area contributed by atoms with Crippen molar-refractivity contribution in [3.63, 3.8) is 0 Å². The van der Waals surface area contributed by atoms with E-state index in [2.05, 4.69) is 60.1 Å². The van der Waals surface area contributed by atoms with Gasteiger partial charge in [-0.05, 0) is 59.4 Å². The Kier molecular flexibility index (Phi) is 8.98. The first-order chi connectivity index (χ1) is 16.7. The highest BCUT2D eigenvalue weighted by Gasteiger charge is 2.38. The van der Waals surface area contributed by atoms with E-state index < -0.39 is 20.2 Å². The molecule has 0 aliphatic carbocycles. The molecule has 2 atom stereocenters. The van der Waals surface area contributed by atoms with Gasteiger partial charge in [0, 0.05) is 30.6 Å². The topological polar surface area (TPSA) is 91.8 Å². The highest BCUT2D eigenvalue weighted by Crippen LogP contribution is 2.39. The Morgan fingerprint density at radius 2 is 2.08 bits per heavy atom. The molecule has 1 fully saturated rings. The lowest BCUT2D eigenvalue weighted by molar-refractivity contribution is 0.0924. The number of hydrogen-bond acceptors (Lipinski definition) is 5. The predicted molar refractivity (Wildman–Crippen MR) is 148 cm³/mol. The van der Waals surface area contributed by atoms with Crippen molar-refractivity contribution in [2.75, 3.05) is 18.5 Å². The highest BCUT2D eigenvalue weighted by molar-refractivity contribution is 9.10. The van der Waals surface area contributed by atoms with Crippen molar-refractivity contribution in [1.29, 1.82) is 0 Å². The van der Waals surface area contributed by atoms with Crippen LogP contribution in [-0.2, 0) is 4.43 Å². The molecule has 198 valence electrons. The van der Waals surface area contributed by atoms with Gasteiger partial charge in [-0.2, -0.15) is 0 Å². The number of fused-ring (bicyclic) bond motifs is 1. The molecular formula is C24H31BrCl2FN3O4Si. The van der Waals surface area contributed by atoms with E-state index in [0.717, 1.165) is 0 Å². The van der Waals surface area contributed by atoms with Crippen LogP contribution in [0.4, 0.5) is 14.9 Å². The van der Waals surface area contributed by atoms with Gasteiger partial charge in [-0.15, -0.1) is 0 Å². The third-order valence-electron chi connectivity index (χ3n) is 7.26. The van der Waals surface area contributed by atoms with E-state index in [0.29, 0.717) is 49.8 Å². The lowest BCUT2D eigenvalue weighted by Gasteiger charge is -2.40. The fourth-order valence-electron chi connectivity index (χ4n) is 4.13. The second-order valence-electron chi connectivity index (χ2n) is 10.6. The summed E-state index contributed by atoms with van der Waals surface area (Å²) < 4.78 is 21.3. The first kappa shape index (κ1) is 29.1. The second-order valence-corrected chi connectivity index (χ2v) is 17.0. The van der Waals surface area contributed by atoms with Crippen LogP contribution in [0.1, 0.15) is 50.4 Å². The van der Waals surface area contributed by atoms with Crippen LogP contribution in [0.25, 0.3) is 10.9 Å². The molecule has 1 aliphatic heterocycles. The summed E-state index contributed by atoms with van der Waals surface area (Å²) in [5.74, 6) is -0.679. The van der Waals surface area contributed by atoms with Gasteiger partial charge in [0.2, 0.25) is 0 Å². The number of aldehydes is 1. The zero-order chi connectivity index (χ0) is 27.0. The number of hydrogen-bond donors (Lipinski definition) is 2. The van der Waals surface area contributed by atoms with Gasteiger partial charge in [-0.3, -0.25) is 4.79 Å². The van der Waals surface area contributed by atoms with Crippen molar-refractivity contribution in [3.8, 4) is 0 Å². The Morgan fingerprint density at radius 1 is 1.42 bits per heavy atom. The van der Waals surface area contributed by atoms with Crippen LogP contribution in [-0.4, -0.2) is 60.9 Å². The van der Waals surface area contributed by atoms with Gasteiger partial charge in [0.15, 0.2) is 20.4 Å². The summed E-state index contributed by atoms with van der Waals surface area (Å²) in [6, 6.07) is 1.06. The van der Waals surface area contributed by atoms with Crippen molar-refractivity contribution in [2.24, 2.45) is 0 Å². The number of anilines is 1. The van der Waals surface area contributed by atoms with Crippen LogP contribution < -0.4 is 5.32 Å². The molecule has 2 aromatic rings. The van der Waals surface area contributed by atoms with Gasteiger partial charge in [-0.25, -0.2) is 14.2 Å². The summed E-state index contributed by atoms with van der Waals surface area (Å²) in [4.78, 5) is 29.3. The van der Waals surface area contributed by atoms with Crippen LogP contribution in [0.15, 0.2) is 10.5 Å². The number of carbonyl (C=O) groups is 2. The van der Waals surface area contributed by atoms with E-state index in [9.17, 15) is 19.1 Å². The lowest BCUT2D eigenvalue weighted by atomic mass is 9.94. The van der Waals surface area contributed by atoms with Crippen LogP contribution in [0.2, 0.25) is 28.3 Å². The standard InChI is InChI=1S/C24H31BrCl2FN3O4Si/c1-24(2,3)36(4,5)35-9-7-14-10-13(6-8-31(14)23(33)34)29-20-15-11-17(26)18(25)19(28)21(15)30-22(27)16(20)12-32/h11-14H,6-10H2,1-5H3,(H,29,30)(H,33,34)/t13-,14+/m0/s1. The molecular weight excluding hydrogens is 592 g/mol. The monoisotopic (exact) mass is 621 g/mol. The van der Waals surface area contributed by atoms with E-state index in [4.69, 9.17) is 27.6 Å². The average Bonchev–Trinajstić information content (AvgIpc) is 2.78. The normalized spacial score (nSPS) is 19.0. The van der Waals surface area contributed by atoms with Crippen LogP contribution >= 0.6 is 39.1 Å². The number of nitrogens with zero attached hydrogens (tertiary/aromatic N) is 2. The molecule has 0 spiro atoms. The van der Waals surface area contributed by atoms with Crippen molar-refractivity contribution in [3.05, 3.63) is 32.1 Å². The molecule has 1 aromatic carbocycles. The maximum Gasteiger partial charge on any atom is 0.407 e. The number of piperidine rings is 1. The number of aromatic nitrogens is 1. The minimum atomic E-state index is -1.98. The Bertz CT molecular complexity index is 1180. The Labute approximate surface area is 229 Å². The minimum absolute atomic E-state index is 0.0216. The number of amides is 1. The van der Waals surface area contributed by atoms with Crippen LogP contribution in [0.5, 0.6) is 0 Å². The average molecular weight is 623 g/mol. The number of carbonyl (C=O) groups excluding carboxylic acids is 1. The fraction of sp³-hybridized carbons (Fsp3) is 0.542. The van der Waals surface area contributed by atoms with Crippen molar-refractivity contribution in [2.45, 2.75) is 70.2 Å². The van der Waals surface area contributed by atoms with Gasteiger partial charge in [0.1, 0.15) is 10.7 Å². The van der Waals surface area contributed by atoms with Crippen molar-refractivity contribution >= 4 is 76.4 Å². The summed E-state index contributed by atoms with van der Waals surface area (Å²) in [5.41, 5.74) is 0.408. The van der Waals surface area contributed by atoms with E-state index in [1.807, 2.05) is 0 Å². The Balaban J connectivity index is 1.88. The molecule has 2 heterocycles. The number of benzene rings is 1. The molecule has 0 saturated carbocycles. The molecule has 1 saturated heterocycles. The van der Waals surface area contributed by atoms with Gasteiger partial charge < -0.3 is 19.7 Å². The highest BCUT2D eigenvalue weighted by atomic mass is 79.9. The quantitative estimate of drug-likeness (QED) is 0.143. The van der Waals surface area contributed by atoms with Gasteiger partial charge in [0.05, 0.1) is 20.7 Å². The zero-order valence-electron chi connectivity index (χ0n) is 20.9. The van der Waals surface area contributed by atoms with E-state index in [1.165, 1.54) is 11.0 Å². The molecule has 0 radical (unpaired) electrons. The molecule has 1 aromatic heterocycles. The van der Waals surface area contributed by atoms with Crippen LogP contribution in [0.3, 0.4) is 0 Å². The third kappa shape index (κ3) is 5.98. The number of carboxylic acid groups (broad SMARTS) is 1. The van der Waals surface area contributed by atoms with Gasteiger partial charge in [0.25, 0.3) is 0 Å². The summed E-state index contributed by atoms with van der Waals surface area (Å²) in [6.07, 6.45) is 1.12. The van der Waals surface area contributed by atoms with Crippen LogP contribution in [0, 0.1) is 5.82 Å². The van der Waals surface area contributed by atoms with E-state index >= 15 is 0 Å². The Hall–Kier alpha value is -1.46. The predicted octanol–water partition coefficient (Wildman–Crippen LogP) is 7.59. The fourth-order valence-corrected chi connectivity index (χ4v) is 5.91. The molecule has 0 unspecified atom stereocenters. The molecule has 2 N–H and O–H groups in total. The number of likely N-dealkylation sites (tertiary alicyclic amines) is 1. The first-order valence-corrected chi connectivity index (χ1v) is 16.2. The van der Waals surface area contributed by atoms with E-state index in [1.54, 1.807) is 0 Å². The maximum atomic E-state index is 14.9. The summed E-state index contributed by atoms with van der Waals surface area (Å²) in [7, 11) is -1.98. The summed E-state index contributed by atoms with van der Waals surface area (Å²) in [6.45, 7) is 11.6. The molecule has 7 nitrogen and oxygen atoms in total. The number of nitrogens with one attached hydrogen (secondary N) is 1. The molecule has 1 amide bonds. The Morgan fingerprint density at radius 3 is 2.67 bits per heavy atom. The number of pyridine rings is 1.